The average molecular weight is 457 g/mol. The molecule has 1 saturated heterocycles. The minimum atomic E-state index is -1.60. The quantitative estimate of drug-likeness (QED) is 0.580. The largest absolute Gasteiger partial charge is 0.350 e. The fraction of sp³-hybridized carbons (Fsp3) is 0.304. The van der Waals surface area contributed by atoms with Crippen LogP contribution >= 0.6 is 0 Å². The van der Waals surface area contributed by atoms with Gasteiger partial charge in [-0.05, 0) is 39.3 Å². The van der Waals surface area contributed by atoms with Crippen molar-refractivity contribution in [1.82, 2.24) is 19.9 Å². The Kier molecular flexibility index (Phi) is 5.92. The number of aromatic amines is 1. The Morgan fingerprint density at radius 3 is 2.36 bits per heavy atom. The fourth-order valence-electron chi connectivity index (χ4n) is 4.24. The van der Waals surface area contributed by atoms with Crippen molar-refractivity contribution in [3.63, 3.8) is 0 Å². The number of carbonyl (C=O) groups excluding carboxylic acids is 2. The highest BCUT2D eigenvalue weighted by atomic mass is 19.2. The monoisotopic (exact) mass is 457 g/mol. The van der Waals surface area contributed by atoms with Gasteiger partial charge < -0.3 is 15.2 Å². The number of halogens is 3. The van der Waals surface area contributed by atoms with E-state index >= 15 is 0 Å². The van der Waals surface area contributed by atoms with Gasteiger partial charge in [0.2, 0.25) is 5.91 Å². The highest BCUT2D eigenvalue weighted by Gasteiger charge is 2.39. The zero-order chi connectivity index (χ0) is 23.9. The highest BCUT2D eigenvalue weighted by molar-refractivity contribution is 5.97. The van der Waals surface area contributed by atoms with E-state index in [9.17, 15) is 22.8 Å². The Bertz CT molecular complexity index is 1200. The van der Waals surface area contributed by atoms with Crippen LogP contribution in [0.4, 0.5) is 18.9 Å². The number of nitrogens with one attached hydrogen (secondary N) is 2. The third kappa shape index (κ3) is 4.20. The molecule has 0 bridgehead atoms. The van der Waals surface area contributed by atoms with Gasteiger partial charge in [0.25, 0.3) is 5.91 Å². The molecule has 3 heterocycles. The first kappa shape index (κ1) is 22.5. The molecular formula is C23H22F3N5O2. The van der Waals surface area contributed by atoms with Crippen molar-refractivity contribution in [3.8, 4) is 11.3 Å². The SMILES string of the molecule is Cc1ncnc(C)c1-c1ccc(C(=O)N2CC[C@H](C(=O)Nc3cc(F)c(F)c(F)c3)[C@@H]2C)[nH]1. The van der Waals surface area contributed by atoms with Crippen LogP contribution in [0.2, 0.25) is 0 Å². The van der Waals surface area contributed by atoms with Gasteiger partial charge in [-0.2, -0.15) is 0 Å². The van der Waals surface area contributed by atoms with Crippen LogP contribution in [-0.4, -0.2) is 44.3 Å². The number of nitrogens with zero attached hydrogens (tertiary/aromatic N) is 3. The number of hydrogen-bond acceptors (Lipinski definition) is 4. The second-order valence-electron chi connectivity index (χ2n) is 8.08. The molecule has 0 radical (unpaired) electrons. The molecule has 0 unspecified atom stereocenters. The number of rotatable bonds is 4. The van der Waals surface area contributed by atoms with Crippen molar-refractivity contribution in [2.45, 2.75) is 33.2 Å². The smallest absolute Gasteiger partial charge is 0.270 e. The minimum Gasteiger partial charge on any atom is -0.350 e. The molecule has 1 aromatic carbocycles. The molecule has 0 saturated carbocycles. The summed E-state index contributed by atoms with van der Waals surface area (Å²) in [6, 6.07) is 4.44. The van der Waals surface area contributed by atoms with Crippen LogP contribution < -0.4 is 5.32 Å². The topological polar surface area (TPSA) is 91.0 Å². The molecule has 2 amide bonds. The first-order valence-electron chi connectivity index (χ1n) is 10.4. The summed E-state index contributed by atoms with van der Waals surface area (Å²) in [6.45, 7) is 5.79. The minimum absolute atomic E-state index is 0.182. The number of carbonyl (C=O) groups is 2. The number of likely N-dealkylation sites (tertiary alicyclic amines) is 1. The maximum atomic E-state index is 13.4. The third-order valence-corrected chi connectivity index (χ3v) is 6.02. The first-order valence-corrected chi connectivity index (χ1v) is 10.4. The van der Waals surface area contributed by atoms with Gasteiger partial charge >= 0.3 is 0 Å². The van der Waals surface area contributed by atoms with Crippen LogP contribution in [0.1, 0.15) is 35.2 Å². The molecule has 33 heavy (non-hydrogen) atoms. The summed E-state index contributed by atoms with van der Waals surface area (Å²) in [7, 11) is 0. The molecule has 0 aliphatic carbocycles. The van der Waals surface area contributed by atoms with E-state index in [4.69, 9.17) is 0 Å². The van der Waals surface area contributed by atoms with E-state index in [1.54, 1.807) is 24.0 Å². The van der Waals surface area contributed by atoms with Gasteiger partial charge in [-0.1, -0.05) is 0 Å². The van der Waals surface area contributed by atoms with E-state index < -0.39 is 35.3 Å². The van der Waals surface area contributed by atoms with E-state index in [0.29, 0.717) is 18.7 Å². The fourth-order valence-corrected chi connectivity index (χ4v) is 4.24. The molecule has 0 spiro atoms. The van der Waals surface area contributed by atoms with Crippen LogP contribution in [0.5, 0.6) is 0 Å². The standard InChI is InChI=1S/C23H22F3N5O2/c1-11-20(12(2)28-10-27-11)18-4-5-19(30-18)23(33)31-7-6-15(13(31)3)22(32)29-14-8-16(24)21(26)17(25)9-14/h4-5,8-10,13,15,30H,6-7H2,1-3H3,(H,29,32)/t13-,15-/m0/s1. The van der Waals surface area contributed by atoms with Crippen LogP contribution in [-0.2, 0) is 4.79 Å². The summed E-state index contributed by atoms with van der Waals surface area (Å²) < 4.78 is 40.0. The summed E-state index contributed by atoms with van der Waals surface area (Å²) in [5, 5.41) is 2.42. The predicted molar refractivity (Wildman–Crippen MR) is 115 cm³/mol. The summed E-state index contributed by atoms with van der Waals surface area (Å²) in [5.41, 5.74) is 3.28. The first-order chi connectivity index (χ1) is 15.7. The number of amides is 2. The molecule has 3 aromatic rings. The lowest BCUT2D eigenvalue weighted by molar-refractivity contribution is -0.120. The van der Waals surface area contributed by atoms with Gasteiger partial charge in [-0.3, -0.25) is 9.59 Å². The van der Waals surface area contributed by atoms with Crippen LogP contribution in [0, 0.1) is 37.2 Å². The third-order valence-electron chi connectivity index (χ3n) is 6.02. The van der Waals surface area contributed by atoms with Crippen molar-refractivity contribution in [1.29, 1.82) is 0 Å². The van der Waals surface area contributed by atoms with Gasteiger partial charge in [0.1, 0.15) is 12.0 Å². The lowest BCUT2D eigenvalue weighted by Gasteiger charge is -2.24. The van der Waals surface area contributed by atoms with E-state index in [2.05, 4.69) is 20.3 Å². The van der Waals surface area contributed by atoms with Crippen molar-refractivity contribution < 1.29 is 22.8 Å². The summed E-state index contributed by atoms with van der Waals surface area (Å²) in [5.74, 6) is -5.74. The molecule has 4 rings (SSSR count). The summed E-state index contributed by atoms with van der Waals surface area (Å²) in [4.78, 5) is 38.9. The maximum Gasteiger partial charge on any atom is 0.270 e. The second kappa shape index (κ2) is 8.68. The highest BCUT2D eigenvalue weighted by Crippen LogP contribution is 2.29. The zero-order valence-corrected chi connectivity index (χ0v) is 18.2. The van der Waals surface area contributed by atoms with Crippen molar-refractivity contribution in [3.05, 3.63) is 65.1 Å². The normalized spacial score (nSPS) is 17.9. The van der Waals surface area contributed by atoms with Gasteiger partial charge in [-0.25, -0.2) is 23.1 Å². The number of H-pyrrole nitrogens is 1. The molecule has 1 aliphatic rings. The molecule has 2 aromatic heterocycles. The van der Waals surface area contributed by atoms with Gasteiger partial charge in [0.15, 0.2) is 17.5 Å². The molecule has 7 nitrogen and oxygen atoms in total. The van der Waals surface area contributed by atoms with E-state index in [1.165, 1.54) is 6.33 Å². The average Bonchev–Trinajstić information content (AvgIpc) is 3.38. The Morgan fingerprint density at radius 2 is 1.73 bits per heavy atom. The molecule has 10 heteroatoms. The van der Waals surface area contributed by atoms with E-state index in [-0.39, 0.29) is 11.6 Å². The molecular weight excluding hydrogens is 435 g/mol. The van der Waals surface area contributed by atoms with Crippen LogP contribution in [0.25, 0.3) is 11.3 Å². The Morgan fingerprint density at radius 1 is 1.09 bits per heavy atom. The number of benzene rings is 1. The van der Waals surface area contributed by atoms with Crippen LogP contribution in [0.15, 0.2) is 30.6 Å². The van der Waals surface area contributed by atoms with Crippen molar-refractivity contribution >= 4 is 17.5 Å². The molecule has 2 N–H and O–H groups in total. The van der Waals surface area contributed by atoms with Crippen molar-refractivity contribution in [2.75, 3.05) is 11.9 Å². The molecule has 1 aliphatic heterocycles. The molecule has 1 fully saturated rings. The lowest BCUT2D eigenvalue weighted by Crippen LogP contribution is -2.39. The van der Waals surface area contributed by atoms with Crippen LogP contribution in [0.3, 0.4) is 0 Å². The Hall–Kier alpha value is -3.69. The molecule has 172 valence electrons. The Labute approximate surface area is 188 Å². The second-order valence-corrected chi connectivity index (χ2v) is 8.08. The number of aryl methyl sites for hydroxylation is 2. The van der Waals surface area contributed by atoms with Gasteiger partial charge in [0.05, 0.1) is 17.3 Å². The molecule has 2 atom stereocenters. The van der Waals surface area contributed by atoms with Gasteiger partial charge in [-0.15, -0.1) is 0 Å². The number of anilines is 1. The number of hydrogen-bond donors (Lipinski definition) is 2. The zero-order valence-electron chi connectivity index (χ0n) is 18.2. The maximum absolute atomic E-state index is 13.4. The predicted octanol–water partition coefficient (Wildman–Crippen LogP) is 4.00. The van der Waals surface area contributed by atoms with E-state index in [0.717, 1.165) is 34.8 Å². The lowest BCUT2D eigenvalue weighted by atomic mass is 10.0. The van der Waals surface area contributed by atoms with Crippen molar-refractivity contribution in [2.24, 2.45) is 5.92 Å². The Balaban J connectivity index is 1.48. The summed E-state index contributed by atoms with van der Waals surface area (Å²) in [6.07, 6.45) is 1.86. The summed E-state index contributed by atoms with van der Waals surface area (Å²) >= 11 is 0. The van der Waals surface area contributed by atoms with Gasteiger partial charge in [0, 0.05) is 41.7 Å². The number of aromatic nitrogens is 3. The van der Waals surface area contributed by atoms with E-state index in [1.807, 2.05) is 13.8 Å².